The highest BCUT2D eigenvalue weighted by molar-refractivity contribution is 5.46. The number of aryl methyl sites for hydroxylation is 1. The first kappa shape index (κ1) is 13.4. The van der Waals surface area contributed by atoms with E-state index in [1.165, 1.54) is 25.7 Å². The fraction of sp³-hybridized carbons (Fsp3) is 0.625. The van der Waals surface area contributed by atoms with Crippen LogP contribution in [0.3, 0.4) is 0 Å². The third-order valence-corrected chi connectivity index (χ3v) is 4.20. The summed E-state index contributed by atoms with van der Waals surface area (Å²) in [7, 11) is 0. The molecule has 0 saturated heterocycles. The summed E-state index contributed by atoms with van der Waals surface area (Å²) in [5, 5.41) is 3.49. The van der Waals surface area contributed by atoms with Gasteiger partial charge in [-0.25, -0.2) is 4.39 Å². The summed E-state index contributed by atoms with van der Waals surface area (Å²) >= 11 is 0. The smallest absolute Gasteiger partial charge is 0.128 e. The van der Waals surface area contributed by atoms with E-state index in [1.807, 2.05) is 12.1 Å². The van der Waals surface area contributed by atoms with Crippen LogP contribution in [0.1, 0.15) is 45.1 Å². The van der Waals surface area contributed by atoms with Crippen molar-refractivity contribution in [1.82, 2.24) is 0 Å². The SMILES string of the molecule is Cc1ccc(NC2CCCC(C(C)C)C2)cc1F. The largest absolute Gasteiger partial charge is 0.382 e. The molecule has 0 heterocycles. The molecule has 1 aliphatic carbocycles. The topological polar surface area (TPSA) is 12.0 Å². The van der Waals surface area contributed by atoms with Gasteiger partial charge in [0.25, 0.3) is 0 Å². The van der Waals surface area contributed by atoms with Crippen molar-refractivity contribution in [1.29, 1.82) is 0 Å². The fourth-order valence-electron chi connectivity index (χ4n) is 2.88. The lowest BCUT2D eigenvalue weighted by atomic mass is 9.79. The van der Waals surface area contributed by atoms with E-state index in [2.05, 4.69) is 19.2 Å². The fourth-order valence-corrected chi connectivity index (χ4v) is 2.88. The molecular weight excluding hydrogens is 225 g/mol. The maximum absolute atomic E-state index is 13.5. The molecule has 0 bridgehead atoms. The number of anilines is 1. The summed E-state index contributed by atoms with van der Waals surface area (Å²) < 4.78 is 13.5. The maximum atomic E-state index is 13.5. The monoisotopic (exact) mass is 249 g/mol. The van der Waals surface area contributed by atoms with Crippen LogP contribution in [0.25, 0.3) is 0 Å². The highest BCUT2D eigenvalue weighted by Gasteiger charge is 2.23. The predicted molar refractivity (Wildman–Crippen MR) is 75.3 cm³/mol. The zero-order chi connectivity index (χ0) is 13.1. The van der Waals surface area contributed by atoms with Crippen LogP contribution in [-0.2, 0) is 0 Å². The lowest BCUT2D eigenvalue weighted by molar-refractivity contribution is 0.264. The Morgan fingerprint density at radius 2 is 2.06 bits per heavy atom. The van der Waals surface area contributed by atoms with Crippen LogP contribution >= 0.6 is 0 Å². The van der Waals surface area contributed by atoms with E-state index in [4.69, 9.17) is 0 Å². The molecule has 2 rings (SSSR count). The second-order valence-corrected chi connectivity index (χ2v) is 5.98. The van der Waals surface area contributed by atoms with E-state index in [1.54, 1.807) is 13.0 Å². The second kappa shape index (κ2) is 5.73. The Balaban J connectivity index is 1.98. The van der Waals surface area contributed by atoms with E-state index in [0.29, 0.717) is 11.6 Å². The Morgan fingerprint density at radius 1 is 1.28 bits per heavy atom. The standard InChI is InChI=1S/C16H24FN/c1-11(2)13-5-4-6-14(9-13)18-15-8-7-12(3)16(17)10-15/h7-8,10-11,13-14,18H,4-6,9H2,1-3H3. The number of hydrogen-bond acceptors (Lipinski definition) is 1. The second-order valence-electron chi connectivity index (χ2n) is 5.98. The molecule has 0 aliphatic heterocycles. The van der Waals surface area contributed by atoms with Crippen LogP contribution < -0.4 is 5.32 Å². The zero-order valence-corrected chi connectivity index (χ0v) is 11.7. The van der Waals surface area contributed by atoms with Crippen molar-refractivity contribution < 1.29 is 4.39 Å². The first-order chi connectivity index (χ1) is 8.56. The molecule has 18 heavy (non-hydrogen) atoms. The minimum Gasteiger partial charge on any atom is -0.382 e. The summed E-state index contributed by atoms with van der Waals surface area (Å²) in [5.41, 5.74) is 1.64. The molecule has 1 aromatic carbocycles. The highest BCUT2D eigenvalue weighted by Crippen LogP contribution is 2.31. The van der Waals surface area contributed by atoms with Crippen molar-refractivity contribution in [3.63, 3.8) is 0 Å². The molecule has 0 aromatic heterocycles. The molecule has 100 valence electrons. The average Bonchev–Trinajstić information content (AvgIpc) is 2.34. The molecule has 0 amide bonds. The first-order valence-corrected chi connectivity index (χ1v) is 7.09. The normalized spacial score (nSPS) is 24.3. The van der Waals surface area contributed by atoms with E-state index in [9.17, 15) is 4.39 Å². The van der Waals surface area contributed by atoms with Crippen LogP contribution in [0.5, 0.6) is 0 Å². The third kappa shape index (κ3) is 3.24. The van der Waals surface area contributed by atoms with Crippen molar-refractivity contribution in [2.75, 3.05) is 5.32 Å². The molecule has 2 heteroatoms. The van der Waals surface area contributed by atoms with Gasteiger partial charge in [-0.1, -0.05) is 32.8 Å². The lowest BCUT2D eigenvalue weighted by Gasteiger charge is -2.32. The van der Waals surface area contributed by atoms with Crippen LogP contribution in [0.15, 0.2) is 18.2 Å². The van der Waals surface area contributed by atoms with Gasteiger partial charge in [0.15, 0.2) is 0 Å². The lowest BCUT2D eigenvalue weighted by Crippen LogP contribution is -2.29. The molecule has 0 spiro atoms. The van der Waals surface area contributed by atoms with E-state index < -0.39 is 0 Å². The van der Waals surface area contributed by atoms with Gasteiger partial charge in [0.2, 0.25) is 0 Å². The first-order valence-electron chi connectivity index (χ1n) is 7.09. The molecule has 1 saturated carbocycles. The average molecular weight is 249 g/mol. The van der Waals surface area contributed by atoms with Crippen LogP contribution in [-0.4, -0.2) is 6.04 Å². The van der Waals surface area contributed by atoms with Gasteiger partial charge in [0.1, 0.15) is 5.82 Å². The van der Waals surface area contributed by atoms with Crippen LogP contribution in [0.2, 0.25) is 0 Å². The van der Waals surface area contributed by atoms with Gasteiger partial charge in [-0.15, -0.1) is 0 Å². The van der Waals surface area contributed by atoms with Gasteiger partial charge < -0.3 is 5.32 Å². The van der Waals surface area contributed by atoms with E-state index in [-0.39, 0.29) is 5.82 Å². The molecule has 1 aliphatic rings. The minimum atomic E-state index is -0.115. The molecule has 2 atom stereocenters. The van der Waals surface area contributed by atoms with Crippen molar-refractivity contribution in [3.8, 4) is 0 Å². The predicted octanol–water partition coefficient (Wildman–Crippen LogP) is 4.76. The van der Waals surface area contributed by atoms with Gasteiger partial charge in [-0.2, -0.15) is 0 Å². The quantitative estimate of drug-likeness (QED) is 0.814. The summed E-state index contributed by atoms with van der Waals surface area (Å²) in [4.78, 5) is 0. The molecule has 2 unspecified atom stereocenters. The number of rotatable bonds is 3. The molecule has 0 radical (unpaired) electrons. The Morgan fingerprint density at radius 3 is 2.72 bits per heavy atom. The van der Waals surface area contributed by atoms with Crippen molar-refractivity contribution in [2.45, 2.75) is 52.5 Å². The van der Waals surface area contributed by atoms with Gasteiger partial charge in [-0.3, -0.25) is 0 Å². The number of hydrogen-bond donors (Lipinski definition) is 1. The van der Waals surface area contributed by atoms with Crippen molar-refractivity contribution in [2.24, 2.45) is 11.8 Å². The Bertz CT molecular complexity index is 400. The third-order valence-electron chi connectivity index (χ3n) is 4.20. The Hall–Kier alpha value is -1.05. The number of benzene rings is 1. The van der Waals surface area contributed by atoms with E-state index >= 15 is 0 Å². The van der Waals surface area contributed by atoms with Crippen molar-refractivity contribution in [3.05, 3.63) is 29.6 Å². The van der Waals surface area contributed by atoms with Gasteiger partial charge in [-0.05, 0) is 49.3 Å². The molecule has 1 aromatic rings. The molecule has 1 N–H and O–H groups in total. The Kier molecular flexibility index (Phi) is 4.26. The van der Waals surface area contributed by atoms with Crippen LogP contribution in [0.4, 0.5) is 10.1 Å². The summed E-state index contributed by atoms with van der Waals surface area (Å²) in [6, 6.07) is 5.96. The molecule has 1 nitrogen and oxygen atoms in total. The van der Waals surface area contributed by atoms with E-state index in [0.717, 1.165) is 17.5 Å². The number of halogens is 1. The van der Waals surface area contributed by atoms with Gasteiger partial charge in [0, 0.05) is 11.7 Å². The summed E-state index contributed by atoms with van der Waals surface area (Å²) in [6.07, 6.45) is 5.05. The van der Waals surface area contributed by atoms with Crippen molar-refractivity contribution >= 4 is 5.69 Å². The molecule has 1 fully saturated rings. The van der Waals surface area contributed by atoms with Gasteiger partial charge in [0.05, 0.1) is 0 Å². The van der Waals surface area contributed by atoms with Gasteiger partial charge >= 0.3 is 0 Å². The summed E-state index contributed by atoms with van der Waals surface area (Å²) in [5.74, 6) is 1.45. The number of nitrogens with one attached hydrogen (secondary N) is 1. The van der Waals surface area contributed by atoms with Crippen LogP contribution in [0, 0.1) is 24.6 Å². The minimum absolute atomic E-state index is 0.115. The highest BCUT2D eigenvalue weighted by atomic mass is 19.1. The molecular formula is C16H24FN. The summed E-state index contributed by atoms with van der Waals surface area (Å²) in [6.45, 7) is 6.41. The zero-order valence-electron chi connectivity index (χ0n) is 11.7. The maximum Gasteiger partial charge on any atom is 0.128 e. The Labute approximate surface area is 110 Å².